The zero-order chi connectivity index (χ0) is 18.3. The van der Waals surface area contributed by atoms with Crippen LogP contribution in [0.15, 0.2) is 23.3 Å². The van der Waals surface area contributed by atoms with Crippen molar-refractivity contribution in [1.29, 1.82) is 0 Å². The summed E-state index contributed by atoms with van der Waals surface area (Å²) in [6.45, 7) is 1.41. The molecule has 0 aromatic heterocycles. The van der Waals surface area contributed by atoms with Gasteiger partial charge in [0.2, 0.25) is 5.12 Å². The van der Waals surface area contributed by atoms with E-state index < -0.39 is 28.2 Å². The third-order valence-electron chi connectivity index (χ3n) is 4.17. The Morgan fingerprint density at radius 1 is 1.24 bits per heavy atom. The van der Waals surface area contributed by atoms with Crippen molar-refractivity contribution in [2.24, 2.45) is 0 Å². The summed E-state index contributed by atoms with van der Waals surface area (Å²) in [4.78, 5) is 38.1. The first kappa shape index (κ1) is 18.1. The average Bonchev–Trinajstić information content (AvgIpc) is 2.79. The number of halogens is 2. The molecule has 1 N–H and O–H groups in total. The van der Waals surface area contributed by atoms with Crippen molar-refractivity contribution in [3.8, 4) is 0 Å². The van der Waals surface area contributed by atoms with Gasteiger partial charge in [-0.25, -0.2) is 9.29 Å². The largest absolute Gasteiger partial charge is 0.382 e. The number of aliphatic hydroxyl groups excluding tert-OH is 1. The molecule has 2 aliphatic rings. The number of carbonyl (C=O) groups excluding carboxylic acids is 3. The second kappa shape index (κ2) is 6.90. The Morgan fingerprint density at radius 2 is 1.80 bits per heavy atom. The standard InChI is InChI=1S/C17H15ClFNO4S/c1-8(21)25-17(24)11-6-14(13(19)7-12(11)18)20-15(22)9-4-2-3-5-10(9)16(20)23/h6-8,21H,2-5H2,1H3. The zero-order valence-corrected chi connectivity index (χ0v) is 14.9. The van der Waals surface area contributed by atoms with Gasteiger partial charge in [0.25, 0.3) is 11.8 Å². The summed E-state index contributed by atoms with van der Waals surface area (Å²) in [6, 6.07) is 2.01. The van der Waals surface area contributed by atoms with Crippen molar-refractivity contribution in [2.75, 3.05) is 4.90 Å². The van der Waals surface area contributed by atoms with Gasteiger partial charge in [-0.15, -0.1) is 0 Å². The topological polar surface area (TPSA) is 74.7 Å². The fourth-order valence-electron chi connectivity index (χ4n) is 3.04. The number of rotatable bonds is 3. The second-order valence-electron chi connectivity index (χ2n) is 5.90. The predicted molar refractivity (Wildman–Crippen MR) is 93.0 cm³/mol. The minimum Gasteiger partial charge on any atom is -0.382 e. The van der Waals surface area contributed by atoms with E-state index in [0.29, 0.717) is 35.7 Å². The summed E-state index contributed by atoms with van der Waals surface area (Å²) >= 11 is 6.54. The minimum atomic E-state index is -0.971. The normalized spacial score (nSPS) is 18.6. The molecule has 25 heavy (non-hydrogen) atoms. The van der Waals surface area contributed by atoms with Gasteiger partial charge in [0, 0.05) is 16.7 Å². The molecule has 0 fully saturated rings. The molecule has 0 bridgehead atoms. The van der Waals surface area contributed by atoms with E-state index in [9.17, 15) is 23.9 Å². The van der Waals surface area contributed by atoms with Crippen LogP contribution in [0.2, 0.25) is 5.02 Å². The van der Waals surface area contributed by atoms with E-state index in [1.165, 1.54) is 6.92 Å². The summed E-state index contributed by atoms with van der Waals surface area (Å²) in [5, 5.41) is 8.62. The number of aliphatic hydroxyl groups is 1. The van der Waals surface area contributed by atoms with Crippen LogP contribution < -0.4 is 4.90 Å². The van der Waals surface area contributed by atoms with E-state index in [0.717, 1.165) is 29.9 Å². The number of hydrogen-bond donors (Lipinski definition) is 1. The van der Waals surface area contributed by atoms with Gasteiger partial charge < -0.3 is 5.11 Å². The lowest BCUT2D eigenvalue weighted by Crippen LogP contribution is -2.32. The zero-order valence-electron chi connectivity index (χ0n) is 13.3. The van der Waals surface area contributed by atoms with E-state index >= 15 is 0 Å². The molecule has 1 aliphatic carbocycles. The Bertz CT molecular complexity index is 793. The summed E-state index contributed by atoms with van der Waals surface area (Å²) < 4.78 is 14.4. The molecule has 132 valence electrons. The molecule has 1 aliphatic heterocycles. The van der Waals surface area contributed by atoms with Crippen molar-refractivity contribution >= 4 is 46.0 Å². The third kappa shape index (κ3) is 3.23. The molecular formula is C17H15ClFNO4S. The molecule has 1 aromatic rings. The summed E-state index contributed by atoms with van der Waals surface area (Å²) in [7, 11) is 0. The highest BCUT2D eigenvalue weighted by Gasteiger charge is 2.41. The van der Waals surface area contributed by atoms with E-state index in [-0.39, 0.29) is 16.3 Å². The molecule has 5 nitrogen and oxygen atoms in total. The Labute approximate surface area is 152 Å². The van der Waals surface area contributed by atoms with Crippen LogP contribution in [0, 0.1) is 5.82 Å². The van der Waals surface area contributed by atoms with E-state index in [2.05, 4.69) is 0 Å². The summed E-state index contributed by atoms with van der Waals surface area (Å²) in [6.07, 6.45) is 2.61. The Balaban J connectivity index is 2.02. The smallest absolute Gasteiger partial charge is 0.261 e. The molecule has 2 amide bonds. The molecule has 0 saturated carbocycles. The molecule has 8 heteroatoms. The van der Waals surface area contributed by atoms with Gasteiger partial charge in [-0.3, -0.25) is 14.4 Å². The van der Waals surface area contributed by atoms with Crippen molar-refractivity contribution in [2.45, 2.75) is 38.0 Å². The first-order valence-electron chi connectivity index (χ1n) is 7.80. The quantitative estimate of drug-likeness (QED) is 0.639. The van der Waals surface area contributed by atoms with Gasteiger partial charge in [0.15, 0.2) is 0 Å². The van der Waals surface area contributed by atoms with Gasteiger partial charge in [-0.1, -0.05) is 23.4 Å². The fraction of sp³-hybridized carbons (Fsp3) is 0.353. The third-order valence-corrected chi connectivity index (χ3v) is 5.25. The molecule has 0 radical (unpaired) electrons. The highest BCUT2D eigenvalue weighted by molar-refractivity contribution is 8.14. The van der Waals surface area contributed by atoms with Crippen molar-refractivity contribution < 1.29 is 23.9 Å². The number of amides is 2. The molecule has 0 saturated heterocycles. The Hall–Kier alpha value is -1.70. The number of imide groups is 1. The van der Waals surface area contributed by atoms with Crippen molar-refractivity contribution in [3.63, 3.8) is 0 Å². The van der Waals surface area contributed by atoms with Gasteiger partial charge in [0.05, 0.1) is 10.7 Å². The van der Waals surface area contributed by atoms with Crippen LogP contribution in [0.1, 0.15) is 43.0 Å². The molecule has 1 unspecified atom stereocenters. The van der Waals surface area contributed by atoms with Crippen LogP contribution in [0.5, 0.6) is 0 Å². The van der Waals surface area contributed by atoms with Gasteiger partial charge in [-0.2, -0.15) is 0 Å². The van der Waals surface area contributed by atoms with Crippen LogP contribution in [0.25, 0.3) is 0 Å². The van der Waals surface area contributed by atoms with Crippen LogP contribution in [0.3, 0.4) is 0 Å². The maximum atomic E-state index is 14.4. The average molecular weight is 384 g/mol. The maximum Gasteiger partial charge on any atom is 0.261 e. The lowest BCUT2D eigenvalue weighted by Gasteiger charge is -2.17. The SMILES string of the molecule is CC(O)SC(=O)c1cc(N2C(=O)C3=C(CCCC3)C2=O)c(F)cc1Cl. The molecule has 1 heterocycles. The summed E-state index contributed by atoms with van der Waals surface area (Å²) in [5.41, 5.74) is -0.465. The number of anilines is 1. The lowest BCUT2D eigenvalue weighted by atomic mass is 9.93. The summed E-state index contributed by atoms with van der Waals surface area (Å²) in [5.74, 6) is -1.94. The van der Waals surface area contributed by atoms with E-state index in [4.69, 9.17) is 11.6 Å². The lowest BCUT2D eigenvalue weighted by molar-refractivity contribution is -0.120. The molecule has 1 aromatic carbocycles. The first-order valence-corrected chi connectivity index (χ1v) is 9.06. The van der Waals surface area contributed by atoms with E-state index in [1.54, 1.807) is 0 Å². The Kier molecular flexibility index (Phi) is 4.99. The Morgan fingerprint density at radius 3 is 2.32 bits per heavy atom. The highest BCUT2D eigenvalue weighted by atomic mass is 35.5. The van der Waals surface area contributed by atoms with Crippen LogP contribution >= 0.6 is 23.4 Å². The highest BCUT2D eigenvalue weighted by Crippen LogP contribution is 2.38. The fourth-order valence-corrected chi connectivity index (χ4v) is 3.94. The first-order chi connectivity index (χ1) is 11.8. The number of benzene rings is 1. The number of thioether (sulfide) groups is 1. The van der Waals surface area contributed by atoms with Crippen LogP contribution in [-0.2, 0) is 9.59 Å². The minimum absolute atomic E-state index is 0.0607. The molecule has 1 atom stereocenters. The molecule has 0 spiro atoms. The van der Waals surface area contributed by atoms with Crippen molar-refractivity contribution in [1.82, 2.24) is 0 Å². The number of nitrogens with zero attached hydrogens (tertiary/aromatic N) is 1. The van der Waals surface area contributed by atoms with Crippen LogP contribution in [0.4, 0.5) is 10.1 Å². The molecular weight excluding hydrogens is 369 g/mol. The maximum absolute atomic E-state index is 14.4. The monoisotopic (exact) mass is 383 g/mol. The van der Waals surface area contributed by atoms with Gasteiger partial charge in [0.1, 0.15) is 11.3 Å². The van der Waals surface area contributed by atoms with Gasteiger partial charge in [-0.05, 0) is 44.7 Å². The van der Waals surface area contributed by atoms with Crippen LogP contribution in [-0.4, -0.2) is 27.5 Å². The number of carbonyl (C=O) groups is 3. The molecule has 3 rings (SSSR count). The second-order valence-corrected chi connectivity index (χ2v) is 7.59. The van der Waals surface area contributed by atoms with Gasteiger partial charge >= 0.3 is 0 Å². The predicted octanol–water partition coefficient (Wildman–Crippen LogP) is 3.43. The number of hydrogen-bond acceptors (Lipinski definition) is 5. The van der Waals surface area contributed by atoms with Crippen molar-refractivity contribution in [3.05, 3.63) is 39.7 Å². The van der Waals surface area contributed by atoms with E-state index in [1.807, 2.05) is 0 Å².